The van der Waals surface area contributed by atoms with Gasteiger partial charge in [-0.2, -0.15) is 4.73 Å². The molecule has 1 saturated heterocycles. The normalized spacial score (nSPS) is 23.9. The van der Waals surface area contributed by atoms with Gasteiger partial charge in [-0.15, -0.1) is 0 Å². The molecule has 28 heavy (non-hydrogen) atoms. The van der Waals surface area contributed by atoms with Crippen molar-refractivity contribution in [2.24, 2.45) is 5.41 Å². The summed E-state index contributed by atoms with van der Waals surface area (Å²) in [7, 11) is 0. The van der Waals surface area contributed by atoms with Crippen LogP contribution in [0.2, 0.25) is 0 Å². The highest BCUT2D eigenvalue weighted by Gasteiger charge is 2.47. The van der Waals surface area contributed by atoms with Gasteiger partial charge in [0.1, 0.15) is 0 Å². The number of piperidine rings is 1. The number of nitrogens with zero attached hydrogens (tertiary/aromatic N) is 3. The van der Waals surface area contributed by atoms with Gasteiger partial charge in [0.2, 0.25) is 6.20 Å². The average Bonchev–Trinajstić information content (AvgIpc) is 2.64. The second-order valence-corrected chi connectivity index (χ2v) is 8.30. The third kappa shape index (κ3) is 3.67. The maximum absolute atomic E-state index is 11.7. The quantitative estimate of drug-likeness (QED) is 0.370. The van der Waals surface area contributed by atoms with E-state index in [9.17, 15) is 15.3 Å². The maximum Gasteiger partial charge on any atom is 0.304 e. The second kappa shape index (κ2) is 7.39. The average molecular weight is 382 g/mol. The van der Waals surface area contributed by atoms with Crippen molar-refractivity contribution < 1.29 is 9.65 Å². The molecule has 0 amide bonds. The minimum Gasteiger partial charge on any atom is -0.619 e. The lowest BCUT2D eigenvalue weighted by atomic mass is 9.62. The molecule has 148 valence electrons. The first-order valence-electron chi connectivity index (χ1n) is 9.88. The van der Waals surface area contributed by atoms with Crippen LogP contribution in [0.3, 0.4) is 0 Å². The van der Waals surface area contributed by atoms with Crippen LogP contribution in [-0.2, 0) is 6.54 Å². The van der Waals surface area contributed by atoms with E-state index in [4.69, 9.17) is 0 Å². The molecule has 2 aliphatic rings. The predicted octanol–water partition coefficient (Wildman–Crippen LogP) is 3.47. The SMILES string of the molecule is C[C@@H]1[C@@H](Nc2c[n+]([O-])ccc2[N+](=O)[O-])CC2(CCC2)CN1Cc1ccccc1. The van der Waals surface area contributed by atoms with E-state index < -0.39 is 4.92 Å². The van der Waals surface area contributed by atoms with Crippen LogP contribution in [0.4, 0.5) is 11.4 Å². The number of nitro groups is 1. The Morgan fingerprint density at radius 1 is 1.29 bits per heavy atom. The van der Waals surface area contributed by atoms with Crippen molar-refractivity contribution in [1.82, 2.24) is 4.90 Å². The summed E-state index contributed by atoms with van der Waals surface area (Å²) < 4.78 is 0.615. The molecular weight excluding hydrogens is 356 g/mol. The van der Waals surface area contributed by atoms with Crippen LogP contribution in [0, 0.1) is 20.7 Å². The molecule has 1 aromatic heterocycles. The summed E-state index contributed by atoms with van der Waals surface area (Å²) in [6.45, 7) is 4.09. The Balaban J connectivity index is 1.59. The van der Waals surface area contributed by atoms with Crippen molar-refractivity contribution in [1.29, 1.82) is 0 Å². The van der Waals surface area contributed by atoms with E-state index >= 15 is 0 Å². The van der Waals surface area contributed by atoms with Crippen LogP contribution in [-0.4, -0.2) is 28.5 Å². The first-order chi connectivity index (χ1) is 13.5. The van der Waals surface area contributed by atoms with Crippen molar-refractivity contribution in [3.8, 4) is 0 Å². The summed E-state index contributed by atoms with van der Waals surface area (Å²) in [5, 5.41) is 26.5. The summed E-state index contributed by atoms with van der Waals surface area (Å²) in [5.41, 5.74) is 1.79. The molecule has 2 atom stereocenters. The summed E-state index contributed by atoms with van der Waals surface area (Å²) in [6, 6.07) is 11.9. The van der Waals surface area contributed by atoms with Crippen LogP contribution >= 0.6 is 0 Å². The first-order valence-corrected chi connectivity index (χ1v) is 9.88. The molecule has 4 rings (SSSR count). The minimum atomic E-state index is -0.434. The molecule has 2 aromatic rings. The van der Waals surface area contributed by atoms with Gasteiger partial charge in [0, 0.05) is 25.2 Å². The van der Waals surface area contributed by atoms with Gasteiger partial charge in [-0.3, -0.25) is 15.0 Å². The van der Waals surface area contributed by atoms with Gasteiger partial charge < -0.3 is 10.5 Å². The molecule has 1 aliphatic carbocycles. The number of anilines is 1. The number of aromatic nitrogens is 1. The molecule has 1 aliphatic heterocycles. The van der Waals surface area contributed by atoms with Gasteiger partial charge in [0.05, 0.1) is 11.0 Å². The number of hydrogen-bond acceptors (Lipinski definition) is 5. The van der Waals surface area contributed by atoms with Crippen molar-refractivity contribution in [3.63, 3.8) is 0 Å². The number of hydrogen-bond donors (Lipinski definition) is 1. The lowest BCUT2D eigenvalue weighted by Crippen LogP contribution is -2.58. The lowest BCUT2D eigenvalue weighted by Gasteiger charge is -2.54. The molecular formula is C21H26N4O3. The van der Waals surface area contributed by atoms with Gasteiger partial charge in [0.25, 0.3) is 0 Å². The van der Waals surface area contributed by atoms with Crippen molar-refractivity contribution in [2.75, 3.05) is 11.9 Å². The molecule has 0 radical (unpaired) electrons. The minimum absolute atomic E-state index is 0.0536. The highest BCUT2D eigenvalue weighted by atomic mass is 16.6. The third-order valence-electron chi connectivity index (χ3n) is 6.44. The van der Waals surface area contributed by atoms with E-state index in [1.807, 2.05) is 6.07 Å². The van der Waals surface area contributed by atoms with Gasteiger partial charge in [-0.25, -0.2) is 0 Å². The summed E-state index contributed by atoms with van der Waals surface area (Å²) in [4.78, 5) is 13.4. The lowest BCUT2D eigenvalue weighted by molar-refractivity contribution is -0.605. The fourth-order valence-electron chi connectivity index (χ4n) is 4.70. The van der Waals surface area contributed by atoms with Gasteiger partial charge >= 0.3 is 5.69 Å². The zero-order valence-corrected chi connectivity index (χ0v) is 16.1. The largest absolute Gasteiger partial charge is 0.619 e. The van der Waals surface area contributed by atoms with Crippen LogP contribution in [0.5, 0.6) is 0 Å². The van der Waals surface area contributed by atoms with E-state index in [0.29, 0.717) is 10.4 Å². The third-order valence-corrected chi connectivity index (χ3v) is 6.44. The van der Waals surface area contributed by atoms with E-state index in [1.165, 1.54) is 43.3 Å². The molecule has 1 N–H and O–H groups in total. The van der Waals surface area contributed by atoms with Crippen LogP contribution in [0.1, 0.15) is 38.2 Å². The van der Waals surface area contributed by atoms with Crippen LogP contribution in [0.25, 0.3) is 0 Å². The number of pyridine rings is 1. The smallest absolute Gasteiger partial charge is 0.304 e. The molecule has 2 fully saturated rings. The second-order valence-electron chi connectivity index (χ2n) is 8.30. The Kier molecular flexibility index (Phi) is 4.93. The Morgan fingerprint density at radius 2 is 2.04 bits per heavy atom. The zero-order valence-electron chi connectivity index (χ0n) is 16.1. The topological polar surface area (TPSA) is 85.3 Å². The molecule has 1 saturated carbocycles. The zero-order chi connectivity index (χ0) is 19.7. The van der Waals surface area contributed by atoms with Crippen molar-refractivity contribution >= 4 is 11.4 Å². The summed E-state index contributed by atoms with van der Waals surface area (Å²) >= 11 is 0. The monoisotopic (exact) mass is 382 g/mol. The molecule has 7 nitrogen and oxygen atoms in total. The fourth-order valence-corrected chi connectivity index (χ4v) is 4.70. The van der Waals surface area contributed by atoms with Gasteiger partial charge in [0.15, 0.2) is 11.9 Å². The molecule has 0 bridgehead atoms. The van der Waals surface area contributed by atoms with Gasteiger partial charge in [-0.1, -0.05) is 36.8 Å². The predicted molar refractivity (Wildman–Crippen MR) is 107 cm³/mol. The molecule has 7 heteroatoms. The Morgan fingerprint density at radius 3 is 2.68 bits per heavy atom. The molecule has 0 unspecified atom stereocenters. The van der Waals surface area contributed by atoms with E-state index in [0.717, 1.165) is 19.5 Å². The maximum atomic E-state index is 11.7. The Labute approximate surface area is 164 Å². The van der Waals surface area contributed by atoms with Crippen molar-refractivity contribution in [3.05, 3.63) is 69.7 Å². The molecule has 1 spiro atoms. The highest BCUT2D eigenvalue weighted by Crippen LogP contribution is 2.49. The van der Waals surface area contributed by atoms with Crippen molar-refractivity contribution in [2.45, 2.75) is 51.2 Å². The van der Waals surface area contributed by atoms with Gasteiger partial charge in [-0.05, 0) is 37.2 Å². The van der Waals surface area contributed by atoms with Crippen LogP contribution < -0.4 is 10.0 Å². The van der Waals surface area contributed by atoms with E-state index in [2.05, 4.69) is 41.4 Å². The Hall–Kier alpha value is -2.67. The number of likely N-dealkylation sites (tertiary alicyclic amines) is 1. The molecule has 2 heterocycles. The number of rotatable bonds is 5. The van der Waals surface area contributed by atoms with E-state index in [1.54, 1.807) is 0 Å². The highest BCUT2D eigenvalue weighted by molar-refractivity contribution is 5.59. The molecule has 1 aromatic carbocycles. The Bertz CT molecular complexity index is 854. The number of benzene rings is 1. The summed E-state index contributed by atoms with van der Waals surface area (Å²) in [6.07, 6.45) is 7.05. The standard InChI is InChI=1S/C21H26N4O3/c1-16-18(22-19-14-24(26)11-8-20(19)25(27)28)12-21(9-5-10-21)15-23(16)13-17-6-3-2-4-7-17/h2-4,6-8,11,14,16,18,22H,5,9-10,12-13,15H2,1H3/t16-,18+/m1/s1. The number of nitrogens with one attached hydrogen (secondary N) is 1. The fraction of sp³-hybridized carbons (Fsp3) is 0.476. The summed E-state index contributed by atoms with van der Waals surface area (Å²) in [5.74, 6) is 0. The first kappa shape index (κ1) is 18.7. The van der Waals surface area contributed by atoms with E-state index in [-0.39, 0.29) is 23.2 Å². The van der Waals surface area contributed by atoms with Crippen LogP contribution in [0.15, 0.2) is 48.8 Å².